The second-order valence-electron chi connectivity index (χ2n) is 12.3. The molecule has 2 amide bonds. The van der Waals surface area contributed by atoms with E-state index >= 15 is 0 Å². The molecule has 2 fully saturated rings. The van der Waals surface area contributed by atoms with Gasteiger partial charge in [0.25, 0.3) is 0 Å². The Kier molecular flexibility index (Phi) is 11.9. The number of nitrogens with one attached hydrogen (secondary N) is 1. The van der Waals surface area contributed by atoms with E-state index < -0.39 is 0 Å². The standard InChI is InChI=1S/C36H46N4O4S/c1-3-44-24-34(41)40-21-7-10-31(23-40)36(43)37-22-33-38-32(25-45-33)28-15-11-26(12-16-28)27-13-17-30(18-14-27)35(42)29-8-4-5-19-39(2)20-6-9-29/h11-18,25,29,31H,3-10,19-24H2,1-2H3,(H,37,43)/t29?,31-/m0/s1. The zero-order chi connectivity index (χ0) is 31.6. The van der Waals surface area contributed by atoms with Crippen molar-refractivity contribution < 1.29 is 19.1 Å². The molecule has 9 heteroatoms. The average molecular weight is 631 g/mol. The monoisotopic (exact) mass is 630 g/mol. The van der Waals surface area contributed by atoms with Gasteiger partial charge in [-0.1, -0.05) is 55.0 Å². The van der Waals surface area contributed by atoms with Gasteiger partial charge >= 0.3 is 0 Å². The number of Topliss-reactive ketones (excluding diaryl/α,β-unsaturated/α-hetero) is 1. The predicted octanol–water partition coefficient (Wildman–Crippen LogP) is 6.06. The summed E-state index contributed by atoms with van der Waals surface area (Å²) in [4.78, 5) is 47.3. The molecule has 0 radical (unpaired) electrons. The van der Waals surface area contributed by atoms with E-state index in [0.29, 0.717) is 26.2 Å². The molecule has 0 aliphatic carbocycles. The van der Waals surface area contributed by atoms with Crippen LogP contribution in [0.5, 0.6) is 0 Å². The maximum absolute atomic E-state index is 13.3. The number of ether oxygens (including phenoxy) is 1. The van der Waals surface area contributed by atoms with Crippen LogP contribution >= 0.6 is 11.3 Å². The molecule has 0 spiro atoms. The summed E-state index contributed by atoms with van der Waals surface area (Å²) in [6, 6.07) is 16.4. The maximum Gasteiger partial charge on any atom is 0.248 e. The number of rotatable bonds is 10. The van der Waals surface area contributed by atoms with E-state index in [4.69, 9.17) is 9.72 Å². The number of carbonyl (C=O) groups excluding carboxylic acids is 3. The van der Waals surface area contributed by atoms with E-state index in [0.717, 1.165) is 91.0 Å². The third-order valence-electron chi connectivity index (χ3n) is 9.03. The highest BCUT2D eigenvalue weighted by Crippen LogP contribution is 2.28. The summed E-state index contributed by atoms with van der Waals surface area (Å²) in [5.74, 6) is 0.103. The fourth-order valence-electron chi connectivity index (χ4n) is 6.32. The van der Waals surface area contributed by atoms with Crippen LogP contribution in [-0.4, -0.2) is 78.8 Å². The maximum atomic E-state index is 13.3. The lowest BCUT2D eigenvalue weighted by atomic mass is 9.88. The minimum atomic E-state index is -0.211. The SMILES string of the molecule is CCOCC(=O)N1CCC[C@H](C(=O)NCc2nc(-c3ccc(-c4ccc(C(=O)C5CCCCN(C)CCC5)cc4)cc3)cs2)C1. The van der Waals surface area contributed by atoms with Gasteiger partial charge < -0.3 is 19.9 Å². The van der Waals surface area contributed by atoms with Gasteiger partial charge in [0.15, 0.2) is 5.78 Å². The van der Waals surface area contributed by atoms with Crippen molar-refractivity contribution in [2.75, 3.05) is 46.4 Å². The molecule has 2 saturated heterocycles. The number of aromatic nitrogens is 1. The number of ketones is 1. The van der Waals surface area contributed by atoms with Gasteiger partial charge in [0.1, 0.15) is 11.6 Å². The third kappa shape index (κ3) is 9.08. The highest BCUT2D eigenvalue weighted by molar-refractivity contribution is 7.09. The Bertz CT molecular complexity index is 1420. The van der Waals surface area contributed by atoms with Crippen molar-refractivity contribution in [2.45, 2.75) is 58.4 Å². The largest absolute Gasteiger partial charge is 0.372 e. The molecule has 3 heterocycles. The van der Waals surface area contributed by atoms with Crippen molar-refractivity contribution in [3.8, 4) is 22.4 Å². The summed E-state index contributed by atoms with van der Waals surface area (Å²) < 4.78 is 5.25. The number of benzene rings is 2. The van der Waals surface area contributed by atoms with E-state index in [-0.39, 0.29) is 36.0 Å². The van der Waals surface area contributed by atoms with Gasteiger partial charge in [0.2, 0.25) is 11.8 Å². The van der Waals surface area contributed by atoms with Crippen LogP contribution in [0.2, 0.25) is 0 Å². The fraction of sp³-hybridized carbons (Fsp3) is 0.500. The molecule has 2 aromatic carbocycles. The second-order valence-corrected chi connectivity index (χ2v) is 13.3. The van der Waals surface area contributed by atoms with Crippen LogP contribution < -0.4 is 5.32 Å². The number of thiazole rings is 1. The van der Waals surface area contributed by atoms with Gasteiger partial charge in [-0.05, 0) is 76.7 Å². The first-order valence-electron chi connectivity index (χ1n) is 16.4. The molecule has 2 aliphatic heterocycles. The number of likely N-dealkylation sites (tertiary alicyclic amines) is 1. The Morgan fingerprint density at radius 2 is 1.51 bits per heavy atom. The summed E-state index contributed by atoms with van der Waals surface area (Å²) in [6.45, 7) is 6.10. The van der Waals surface area contributed by atoms with Gasteiger partial charge in [-0.15, -0.1) is 11.3 Å². The minimum absolute atomic E-state index is 0.0364. The Labute approximate surface area is 271 Å². The van der Waals surface area contributed by atoms with Crippen LogP contribution in [0.3, 0.4) is 0 Å². The zero-order valence-electron chi connectivity index (χ0n) is 26.6. The van der Waals surface area contributed by atoms with Crippen LogP contribution in [0.15, 0.2) is 53.9 Å². The van der Waals surface area contributed by atoms with E-state index in [1.165, 1.54) is 11.3 Å². The third-order valence-corrected chi connectivity index (χ3v) is 9.88. The normalized spacial score (nSPS) is 19.7. The molecular formula is C36H46N4O4S. The first-order valence-corrected chi connectivity index (χ1v) is 17.3. The predicted molar refractivity (Wildman–Crippen MR) is 179 cm³/mol. The van der Waals surface area contributed by atoms with Gasteiger partial charge in [-0.3, -0.25) is 14.4 Å². The van der Waals surface area contributed by atoms with Crippen LogP contribution in [0.4, 0.5) is 0 Å². The van der Waals surface area contributed by atoms with Gasteiger partial charge in [-0.25, -0.2) is 4.98 Å². The van der Waals surface area contributed by atoms with Crippen LogP contribution in [-0.2, 0) is 20.9 Å². The molecule has 0 saturated carbocycles. The van der Waals surface area contributed by atoms with Gasteiger partial charge in [0.05, 0.1) is 18.2 Å². The number of amides is 2. The molecule has 1 N–H and O–H groups in total. The second kappa shape index (κ2) is 16.2. The van der Waals surface area contributed by atoms with Crippen LogP contribution in [0.25, 0.3) is 22.4 Å². The summed E-state index contributed by atoms with van der Waals surface area (Å²) >= 11 is 1.53. The molecule has 2 aliphatic rings. The first-order chi connectivity index (χ1) is 21.9. The average Bonchev–Trinajstić information content (AvgIpc) is 3.59. The Morgan fingerprint density at radius 1 is 0.867 bits per heavy atom. The van der Waals surface area contributed by atoms with Crippen molar-refractivity contribution in [1.82, 2.24) is 20.1 Å². The van der Waals surface area contributed by atoms with Crippen molar-refractivity contribution in [3.63, 3.8) is 0 Å². The topological polar surface area (TPSA) is 91.8 Å². The van der Waals surface area contributed by atoms with Crippen molar-refractivity contribution >= 4 is 28.9 Å². The smallest absolute Gasteiger partial charge is 0.248 e. The molecule has 2 atom stereocenters. The Balaban J connectivity index is 1.13. The van der Waals surface area contributed by atoms with E-state index in [9.17, 15) is 14.4 Å². The zero-order valence-corrected chi connectivity index (χ0v) is 27.4. The molecule has 1 unspecified atom stereocenters. The number of carbonyl (C=O) groups is 3. The highest BCUT2D eigenvalue weighted by atomic mass is 32.1. The number of hydrogen-bond acceptors (Lipinski definition) is 7. The molecule has 8 nitrogen and oxygen atoms in total. The van der Waals surface area contributed by atoms with Crippen LogP contribution in [0.1, 0.15) is 67.2 Å². The lowest BCUT2D eigenvalue weighted by Crippen LogP contribution is -2.46. The molecular weight excluding hydrogens is 584 g/mol. The van der Waals surface area contributed by atoms with E-state index in [1.807, 2.05) is 24.4 Å². The molecule has 240 valence electrons. The Morgan fingerprint density at radius 3 is 2.27 bits per heavy atom. The fourth-order valence-corrected chi connectivity index (χ4v) is 7.07. The molecule has 1 aromatic heterocycles. The highest BCUT2D eigenvalue weighted by Gasteiger charge is 2.28. The van der Waals surface area contributed by atoms with Gasteiger partial charge in [0, 0.05) is 42.1 Å². The Hall–Kier alpha value is -3.40. The van der Waals surface area contributed by atoms with Crippen LogP contribution in [0, 0.1) is 11.8 Å². The molecule has 45 heavy (non-hydrogen) atoms. The number of hydrogen-bond donors (Lipinski definition) is 1. The molecule has 5 rings (SSSR count). The lowest BCUT2D eigenvalue weighted by Gasteiger charge is -2.32. The summed E-state index contributed by atoms with van der Waals surface area (Å²) in [5, 5.41) is 5.88. The molecule has 0 bridgehead atoms. The number of nitrogens with zero attached hydrogens (tertiary/aromatic N) is 3. The minimum Gasteiger partial charge on any atom is -0.372 e. The first kappa shape index (κ1) is 33.0. The number of piperidine rings is 1. The van der Waals surface area contributed by atoms with Gasteiger partial charge in [-0.2, -0.15) is 0 Å². The summed E-state index contributed by atoms with van der Waals surface area (Å²) in [5.41, 5.74) is 4.87. The quantitative estimate of drug-likeness (QED) is 0.274. The summed E-state index contributed by atoms with van der Waals surface area (Å²) in [7, 11) is 2.17. The van der Waals surface area contributed by atoms with Crippen molar-refractivity contribution in [1.29, 1.82) is 0 Å². The molecule has 3 aromatic rings. The van der Waals surface area contributed by atoms with E-state index in [2.05, 4.69) is 53.7 Å². The lowest BCUT2D eigenvalue weighted by molar-refractivity contribution is -0.139. The summed E-state index contributed by atoms with van der Waals surface area (Å²) in [6.07, 6.45) is 6.88. The van der Waals surface area contributed by atoms with Crippen molar-refractivity contribution in [2.24, 2.45) is 11.8 Å². The van der Waals surface area contributed by atoms with E-state index in [1.54, 1.807) is 4.90 Å². The van der Waals surface area contributed by atoms with Crippen molar-refractivity contribution in [3.05, 3.63) is 64.5 Å².